The fourth-order valence-corrected chi connectivity index (χ4v) is 3.01. The molecule has 0 saturated heterocycles. The molecule has 4 aromatic rings. The van der Waals surface area contributed by atoms with Gasteiger partial charge in [-0.1, -0.05) is 71.8 Å². The van der Waals surface area contributed by atoms with Gasteiger partial charge in [-0.15, -0.1) is 0 Å². The number of fused-ring (bicyclic) bond motifs is 1. The molecule has 1 heterocycles. The standard InChI is InChI=1S/C24H19ClN4/c1-17-10-13-20(14-11-17)27-24(29-26-16-19-7-2-4-8-21(19)25)23-15-12-18-6-3-5-9-22(18)28-23/h2-16H,1H3,(H,27,29)/b26-16-. The molecule has 0 aliphatic heterocycles. The largest absolute Gasteiger partial charge is 0.260 e. The Kier molecular flexibility index (Phi) is 5.63. The monoisotopic (exact) mass is 398 g/mol. The van der Waals surface area contributed by atoms with E-state index >= 15 is 0 Å². The maximum absolute atomic E-state index is 6.20. The normalized spacial score (nSPS) is 11.9. The highest BCUT2D eigenvalue weighted by Crippen LogP contribution is 2.17. The first-order chi connectivity index (χ1) is 14.2. The molecule has 29 heavy (non-hydrogen) atoms. The lowest BCUT2D eigenvalue weighted by Crippen LogP contribution is -2.20. The molecular weight excluding hydrogens is 380 g/mol. The number of hydrogen-bond donors (Lipinski definition) is 1. The Balaban J connectivity index is 1.70. The van der Waals surface area contributed by atoms with Crippen LogP contribution in [0.15, 0.2) is 95.0 Å². The van der Waals surface area contributed by atoms with Gasteiger partial charge in [0.1, 0.15) is 5.69 Å². The molecule has 0 spiro atoms. The van der Waals surface area contributed by atoms with E-state index in [1.165, 1.54) is 5.56 Å². The SMILES string of the molecule is Cc1ccc(N=C(N/N=C\c2ccccc2Cl)c2ccc3ccccc3n2)cc1. The number of hydrazone groups is 1. The highest BCUT2D eigenvalue weighted by atomic mass is 35.5. The van der Waals surface area contributed by atoms with Crippen LogP contribution in [0.25, 0.3) is 10.9 Å². The van der Waals surface area contributed by atoms with Gasteiger partial charge in [0.05, 0.1) is 17.4 Å². The lowest BCUT2D eigenvalue weighted by atomic mass is 10.2. The van der Waals surface area contributed by atoms with Crippen molar-refractivity contribution in [2.45, 2.75) is 6.92 Å². The van der Waals surface area contributed by atoms with Crippen molar-refractivity contribution in [3.8, 4) is 0 Å². The van der Waals surface area contributed by atoms with E-state index in [9.17, 15) is 0 Å². The van der Waals surface area contributed by atoms with Crippen molar-refractivity contribution < 1.29 is 0 Å². The number of aliphatic imine (C=N–C) groups is 1. The van der Waals surface area contributed by atoms with Crippen LogP contribution >= 0.6 is 11.6 Å². The highest BCUT2D eigenvalue weighted by Gasteiger charge is 2.07. The molecule has 0 saturated carbocycles. The molecular formula is C24H19ClN4. The molecule has 4 nitrogen and oxygen atoms in total. The van der Waals surface area contributed by atoms with Crippen LogP contribution in [-0.2, 0) is 0 Å². The number of nitrogens with one attached hydrogen (secondary N) is 1. The highest BCUT2D eigenvalue weighted by molar-refractivity contribution is 6.33. The third-order valence-electron chi connectivity index (χ3n) is 4.40. The maximum atomic E-state index is 6.20. The fourth-order valence-electron chi connectivity index (χ4n) is 2.83. The van der Waals surface area contributed by atoms with E-state index < -0.39 is 0 Å². The van der Waals surface area contributed by atoms with E-state index in [4.69, 9.17) is 21.6 Å². The van der Waals surface area contributed by atoms with Gasteiger partial charge in [0.15, 0.2) is 5.84 Å². The summed E-state index contributed by atoms with van der Waals surface area (Å²) in [7, 11) is 0. The molecule has 5 heteroatoms. The van der Waals surface area contributed by atoms with Gasteiger partial charge in [-0.05, 0) is 37.3 Å². The Hall–Kier alpha value is -3.50. The van der Waals surface area contributed by atoms with E-state index in [2.05, 4.69) is 10.5 Å². The van der Waals surface area contributed by atoms with E-state index in [1.54, 1.807) is 6.21 Å². The number of hydrogen-bond acceptors (Lipinski definition) is 3. The molecule has 0 fully saturated rings. The molecule has 0 bridgehead atoms. The van der Waals surface area contributed by atoms with Crippen LogP contribution < -0.4 is 5.43 Å². The minimum Gasteiger partial charge on any atom is -0.260 e. The van der Waals surface area contributed by atoms with Crippen LogP contribution in [-0.4, -0.2) is 17.0 Å². The molecule has 142 valence electrons. The average molecular weight is 399 g/mol. The number of halogens is 1. The Morgan fingerprint density at radius 3 is 2.48 bits per heavy atom. The van der Waals surface area contributed by atoms with Crippen molar-refractivity contribution in [1.29, 1.82) is 0 Å². The number of rotatable bonds is 4. The lowest BCUT2D eigenvalue weighted by Gasteiger charge is -2.07. The molecule has 0 amide bonds. The first-order valence-corrected chi connectivity index (χ1v) is 9.62. The van der Waals surface area contributed by atoms with Gasteiger partial charge < -0.3 is 0 Å². The molecule has 0 radical (unpaired) electrons. The van der Waals surface area contributed by atoms with Crippen molar-refractivity contribution in [3.63, 3.8) is 0 Å². The molecule has 0 aliphatic carbocycles. The summed E-state index contributed by atoms with van der Waals surface area (Å²) in [6.45, 7) is 2.05. The summed E-state index contributed by atoms with van der Waals surface area (Å²) in [6, 6.07) is 27.5. The zero-order valence-electron chi connectivity index (χ0n) is 15.9. The van der Waals surface area contributed by atoms with Crippen LogP contribution in [0.5, 0.6) is 0 Å². The number of pyridine rings is 1. The summed E-state index contributed by atoms with van der Waals surface area (Å²) >= 11 is 6.20. The second-order valence-corrected chi connectivity index (χ2v) is 6.98. The van der Waals surface area contributed by atoms with Crippen molar-refractivity contribution in [2.24, 2.45) is 10.1 Å². The summed E-state index contributed by atoms with van der Waals surface area (Å²) in [5.41, 5.74) is 7.47. The first-order valence-electron chi connectivity index (χ1n) is 9.24. The smallest absolute Gasteiger partial charge is 0.173 e. The predicted molar refractivity (Wildman–Crippen MR) is 121 cm³/mol. The number of aryl methyl sites for hydroxylation is 1. The topological polar surface area (TPSA) is 49.6 Å². The third kappa shape index (κ3) is 4.68. The van der Waals surface area contributed by atoms with Crippen molar-refractivity contribution >= 4 is 40.2 Å². The van der Waals surface area contributed by atoms with E-state index in [1.807, 2.05) is 91.9 Å². The van der Waals surface area contributed by atoms with Crippen LogP contribution in [0.3, 0.4) is 0 Å². The third-order valence-corrected chi connectivity index (χ3v) is 4.74. The molecule has 1 N–H and O–H groups in total. The van der Waals surface area contributed by atoms with Gasteiger partial charge in [0, 0.05) is 16.0 Å². The van der Waals surface area contributed by atoms with Crippen LogP contribution in [0.1, 0.15) is 16.8 Å². The summed E-state index contributed by atoms with van der Waals surface area (Å²) in [4.78, 5) is 9.47. The zero-order valence-corrected chi connectivity index (χ0v) is 16.6. The minimum atomic E-state index is 0.558. The van der Waals surface area contributed by atoms with Crippen LogP contribution in [0.2, 0.25) is 5.02 Å². The summed E-state index contributed by atoms with van der Waals surface area (Å²) < 4.78 is 0. The van der Waals surface area contributed by atoms with Gasteiger partial charge in [-0.3, -0.25) is 5.43 Å². The quantitative estimate of drug-likeness (QED) is 0.264. The number of para-hydroxylation sites is 1. The molecule has 0 unspecified atom stereocenters. The van der Waals surface area contributed by atoms with Crippen LogP contribution in [0, 0.1) is 6.92 Å². The minimum absolute atomic E-state index is 0.558. The number of nitrogens with zero attached hydrogens (tertiary/aromatic N) is 3. The molecule has 0 atom stereocenters. The van der Waals surface area contributed by atoms with E-state index in [-0.39, 0.29) is 0 Å². The number of amidine groups is 1. The predicted octanol–water partition coefficient (Wildman–Crippen LogP) is 5.90. The first kappa shape index (κ1) is 18.8. The Morgan fingerprint density at radius 2 is 1.66 bits per heavy atom. The van der Waals surface area contributed by atoms with Gasteiger partial charge in [0.25, 0.3) is 0 Å². The molecule has 0 aliphatic rings. The van der Waals surface area contributed by atoms with Crippen molar-refractivity contribution in [1.82, 2.24) is 10.4 Å². The van der Waals surface area contributed by atoms with Gasteiger partial charge >= 0.3 is 0 Å². The maximum Gasteiger partial charge on any atom is 0.173 e. The van der Waals surface area contributed by atoms with E-state index in [0.717, 1.165) is 22.2 Å². The summed E-state index contributed by atoms with van der Waals surface area (Å²) in [5.74, 6) is 0.558. The van der Waals surface area contributed by atoms with Gasteiger partial charge in [-0.2, -0.15) is 5.10 Å². The van der Waals surface area contributed by atoms with E-state index in [0.29, 0.717) is 16.6 Å². The second kappa shape index (κ2) is 8.67. The van der Waals surface area contributed by atoms with Gasteiger partial charge in [0.2, 0.25) is 0 Å². The fraction of sp³-hybridized carbons (Fsp3) is 0.0417. The Bertz CT molecular complexity index is 1200. The number of benzene rings is 3. The lowest BCUT2D eigenvalue weighted by molar-refractivity contribution is 1.02. The second-order valence-electron chi connectivity index (χ2n) is 6.58. The van der Waals surface area contributed by atoms with Crippen molar-refractivity contribution in [3.05, 3.63) is 107 Å². The summed E-state index contributed by atoms with van der Waals surface area (Å²) in [6.07, 6.45) is 1.67. The molecule has 3 aromatic carbocycles. The van der Waals surface area contributed by atoms with Crippen molar-refractivity contribution in [2.75, 3.05) is 0 Å². The molecule has 4 rings (SSSR count). The number of aromatic nitrogens is 1. The zero-order chi connectivity index (χ0) is 20.1. The summed E-state index contributed by atoms with van der Waals surface area (Å²) in [5, 5.41) is 6.06. The Labute approximate surface area is 174 Å². The Morgan fingerprint density at radius 1 is 0.897 bits per heavy atom. The molecule has 1 aromatic heterocycles. The van der Waals surface area contributed by atoms with Gasteiger partial charge in [-0.25, -0.2) is 9.98 Å². The van der Waals surface area contributed by atoms with Crippen LogP contribution in [0.4, 0.5) is 5.69 Å². The average Bonchev–Trinajstić information content (AvgIpc) is 2.75.